The number of fused-ring (bicyclic) bond motifs is 1. The molecule has 0 saturated heterocycles. The van der Waals surface area contributed by atoms with Gasteiger partial charge in [0.05, 0.1) is 6.61 Å². The Morgan fingerprint density at radius 2 is 2.09 bits per heavy atom. The maximum absolute atomic E-state index is 15.1. The van der Waals surface area contributed by atoms with Crippen molar-refractivity contribution in [1.82, 2.24) is 0 Å². The van der Waals surface area contributed by atoms with Gasteiger partial charge in [0.1, 0.15) is 23.2 Å². The number of ether oxygens (including phenoxy) is 1. The highest BCUT2D eigenvalue weighted by Crippen LogP contribution is 2.44. The number of nitrogens with zero attached hydrogens (tertiary/aromatic N) is 2. The maximum Gasteiger partial charge on any atom is 0.266 e. The molecule has 6 heteroatoms. The van der Waals surface area contributed by atoms with Crippen LogP contribution in [0.2, 0.25) is 0 Å². The number of rotatable bonds is 6. The Balaban J connectivity index is 1.93. The molecule has 0 bridgehead atoms. The molecule has 0 fully saturated rings. The molecule has 32 heavy (non-hydrogen) atoms. The van der Waals surface area contributed by atoms with Crippen LogP contribution in [0.3, 0.4) is 0 Å². The summed E-state index contributed by atoms with van der Waals surface area (Å²) in [6.45, 7) is 11.7. The van der Waals surface area contributed by atoms with Crippen LogP contribution in [0.25, 0.3) is 6.08 Å². The Morgan fingerprint density at radius 3 is 2.75 bits per heavy atom. The van der Waals surface area contributed by atoms with E-state index in [2.05, 4.69) is 37.9 Å². The molecule has 0 saturated carbocycles. The number of amides is 1. The lowest BCUT2D eigenvalue weighted by Gasteiger charge is -2.47. The van der Waals surface area contributed by atoms with Crippen LogP contribution in [0.4, 0.5) is 15.8 Å². The first-order valence-electron chi connectivity index (χ1n) is 11.0. The Hall–Kier alpha value is -3.33. The molecule has 1 amide bonds. The van der Waals surface area contributed by atoms with Crippen molar-refractivity contribution in [3.63, 3.8) is 0 Å². The van der Waals surface area contributed by atoms with Crippen molar-refractivity contribution in [2.24, 2.45) is 0 Å². The molecule has 0 spiro atoms. The molecule has 0 aliphatic carbocycles. The fourth-order valence-electron chi connectivity index (χ4n) is 4.56. The average molecular weight is 436 g/mol. The quantitative estimate of drug-likeness (QED) is 0.454. The number of hydrogen-bond donors (Lipinski definition) is 1. The van der Waals surface area contributed by atoms with E-state index < -0.39 is 11.7 Å². The van der Waals surface area contributed by atoms with Gasteiger partial charge in [-0.1, -0.05) is 13.0 Å². The Labute approximate surface area is 189 Å². The highest BCUT2D eigenvalue weighted by Gasteiger charge is 2.36. The van der Waals surface area contributed by atoms with Crippen LogP contribution < -0.4 is 15.0 Å². The van der Waals surface area contributed by atoms with Gasteiger partial charge in [-0.2, -0.15) is 5.26 Å². The van der Waals surface area contributed by atoms with E-state index in [0.29, 0.717) is 18.0 Å². The monoisotopic (exact) mass is 435 g/mol. The first-order valence-corrected chi connectivity index (χ1v) is 11.0. The van der Waals surface area contributed by atoms with Gasteiger partial charge in [0.25, 0.3) is 5.91 Å². The summed E-state index contributed by atoms with van der Waals surface area (Å²) >= 11 is 0. The van der Waals surface area contributed by atoms with E-state index in [1.165, 1.54) is 12.1 Å². The molecule has 1 unspecified atom stereocenters. The van der Waals surface area contributed by atoms with Crippen molar-refractivity contribution in [3.8, 4) is 11.8 Å². The minimum atomic E-state index is -0.595. The topological polar surface area (TPSA) is 65.4 Å². The van der Waals surface area contributed by atoms with Crippen LogP contribution in [-0.2, 0) is 4.79 Å². The van der Waals surface area contributed by atoms with Crippen molar-refractivity contribution in [1.29, 1.82) is 5.26 Å². The molecule has 1 N–H and O–H groups in total. The second-order valence-electron chi connectivity index (χ2n) is 8.68. The SMILES string of the molecule is CCOc1cccc(NC(=O)/C(C#N)=C/c2cc3c(cc2F)N(CC)C(C)(C)CC3C)c1. The average Bonchev–Trinajstić information content (AvgIpc) is 2.72. The van der Waals surface area contributed by atoms with Crippen molar-refractivity contribution < 1.29 is 13.9 Å². The third-order valence-electron chi connectivity index (χ3n) is 5.89. The van der Waals surface area contributed by atoms with Gasteiger partial charge in [-0.05, 0) is 75.9 Å². The number of halogens is 1. The molecular formula is C26H30FN3O2. The Bertz CT molecular complexity index is 1080. The van der Waals surface area contributed by atoms with Crippen LogP contribution in [0.15, 0.2) is 42.0 Å². The smallest absolute Gasteiger partial charge is 0.266 e. The molecule has 1 heterocycles. The second-order valence-corrected chi connectivity index (χ2v) is 8.68. The summed E-state index contributed by atoms with van der Waals surface area (Å²) in [5, 5.41) is 12.3. The Kier molecular flexibility index (Phi) is 6.88. The zero-order valence-electron chi connectivity index (χ0n) is 19.3. The minimum absolute atomic E-state index is 0.0707. The van der Waals surface area contributed by atoms with E-state index in [0.717, 1.165) is 24.2 Å². The predicted octanol–water partition coefficient (Wildman–Crippen LogP) is 5.88. The zero-order valence-corrected chi connectivity index (χ0v) is 19.3. The third kappa shape index (κ3) is 4.77. The summed E-state index contributed by atoms with van der Waals surface area (Å²) < 4.78 is 20.5. The summed E-state index contributed by atoms with van der Waals surface area (Å²) in [7, 11) is 0. The molecule has 5 nitrogen and oxygen atoms in total. The van der Waals surface area contributed by atoms with Crippen molar-refractivity contribution in [2.75, 3.05) is 23.4 Å². The molecule has 2 aromatic carbocycles. The number of hydrogen-bond acceptors (Lipinski definition) is 4. The summed E-state index contributed by atoms with van der Waals surface area (Å²) in [5.41, 5.74) is 2.41. The largest absolute Gasteiger partial charge is 0.494 e. The normalized spacial score (nSPS) is 17.3. The molecule has 3 rings (SSSR count). The lowest BCUT2D eigenvalue weighted by Crippen LogP contribution is -2.48. The number of benzene rings is 2. The van der Waals surface area contributed by atoms with Gasteiger partial charge < -0.3 is 15.0 Å². The number of carbonyl (C=O) groups excluding carboxylic acids is 1. The zero-order chi connectivity index (χ0) is 23.5. The molecule has 1 aliphatic rings. The molecule has 1 aliphatic heterocycles. The van der Waals surface area contributed by atoms with Crippen LogP contribution in [0.1, 0.15) is 58.1 Å². The number of nitrogens with one attached hydrogen (secondary N) is 1. The summed E-state index contributed by atoms with van der Waals surface area (Å²) in [6.07, 6.45) is 2.25. The number of nitriles is 1. The molecule has 0 aromatic heterocycles. The van der Waals surface area contributed by atoms with Crippen molar-refractivity contribution >= 4 is 23.4 Å². The van der Waals surface area contributed by atoms with E-state index >= 15 is 4.39 Å². The lowest BCUT2D eigenvalue weighted by atomic mass is 9.79. The molecule has 2 aromatic rings. The minimum Gasteiger partial charge on any atom is -0.494 e. The fourth-order valence-corrected chi connectivity index (χ4v) is 4.56. The first kappa shape index (κ1) is 23.3. The summed E-state index contributed by atoms with van der Waals surface area (Å²) in [4.78, 5) is 14.9. The number of anilines is 2. The third-order valence-corrected chi connectivity index (χ3v) is 5.89. The van der Waals surface area contributed by atoms with Crippen molar-refractivity contribution in [2.45, 2.75) is 52.5 Å². The first-order chi connectivity index (χ1) is 15.2. The van der Waals surface area contributed by atoms with E-state index in [1.807, 2.05) is 13.0 Å². The second kappa shape index (κ2) is 9.44. The highest BCUT2D eigenvalue weighted by molar-refractivity contribution is 6.09. The molecule has 168 valence electrons. The van der Waals surface area contributed by atoms with Crippen LogP contribution >= 0.6 is 0 Å². The van der Waals surface area contributed by atoms with Gasteiger partial charge in [-0.25, -0.2) is 4.39 Å². The van der Waals surface area contributed by atoms with Gasteiger partial charge in [0.2, 0.25) is 0 Å². The van der Waals surface area contributed by atoms with Crippen molar-refractivity contribution in [3.05, 3.63) is 58.9 Å². The summed E-state index contributed by atoms with van der Waals surface area (Å²) in [5.74, 6) is -0.198. The van der Waals surface area contributed by atoms with Gasteiger partial charge in [-0.15, -0.1) is 0 Å². The summed E-state index contributed by atoms with van der Waals surface area (Å²) in [6, 6.07) is 12.1. The van der Waals surface area contributed by atoms with Crippen LogP contribution in [0, 0.1) is 17.1 Å². The van der Waals surface area contributed by atoms with Gasteiger partial charge in [0.15, 0.2) is 0 Å². The molecule has 0 radical (unpaired) electrons. The molecular weight excluding hydrogens is 405 g/mol. The van der Waals surface area contributed by atoms with E-state index in [1.54, 1.807) is 30.3 Å². The van der Waals surface area contributed by atoms with E-state index in [9.17, 15) is 10.1 Å². The van der Waals surface area contributed by atoms with Gasteiger partial charge >= 0.3 is 0 Å². The maximum atomic E-state index is 15.1. The number of carbonyl (C=O) groups is 1. The van der Waals surface area contributed by atoms with Crippen LogP contribution in [0.5, 0.6) is 5.75 Å². The van der Waals surface area contributed by atoms with Crippen LogP contribution in [-0.4, -0.2) is 24.6 Å². The van der Waals surface area contributed by atoms with E-state index in [-0.39, 0.29) is 22.6 Å². The Morgan fingerprint density at radius 1 is 1.34 bits per heavy atom. The predicted molar refractivity (Wildman–Crippen MR) is 126 cm³/mol. The van der Waals surface area contributed by atoms with E-state index in [4.69, 9.17) is 4.74 Å². The van der Waals surface area contributed by atoms with Gasteiger partial charge in [-0.3, -0.25) is 4.79 Å². The fraction of sp³-hybridized carbons (Fsp3) is 0.385. The molecule has 1 atom stereocenters. The van der Waals surface area contributed by atoms with Gasteiger partial charge in [0, 0.05) is 35.1 Å². The standard InChI is InChI=1S/C26H30FN3O2/c1-6-30-24-14-23(27)18(12-22(24)17(3)15-26(30,4)5)11-19(16-28)25(31)29-20-9-8-10-21(13-20)32-7-2/h8-14,17H,6-7,15H2,1-5H3,(H,29,31)/b19-11+. The lowest BCUT2D eigenvalue weighted by molar-refractivity contribution is -0.112. The highest BCUT2D eigenvalue weighted by atomic mass is 19.1.